The molecule has 1 unspecified atom stereocenters. The van der Waals surface area contributed by atoms with Gasteiger partial charge in [0.05, 0.1) is 23.6 Å². The van der Waals surface area contributed by atoms with Gasteiger partial charge in [0.15, 0.2) is 0 Å². The highest BCUT2D eigenvalue weighted by Crippen LogP contribution is 2.24. The molecule has 4 heteroatoms. The zero-order chi connectivity index (χ0) is 14.6. The van der Waals surface area contributed by atoms with Crippen molar-refractivity contribution in [3.8, 4) is 5.69 Å². The van der Waals surface area contributed by atoms with Crippen molar-refractivity contribution < 1.29 is 9.84 Å². The highest BCUT2D eigenvalue weighted by Gasteiger charge is 2.19. The van der Waals surface area contributed by atoms with Crippen LogP contribution in [0.15, 0.2) is 42.7 Å². The number of nitrogens with zero attached hydrogens (tertiary/aromatic N) is 2. The van der Waals surface area contributed by atoms with Crippen LogP contribution in [0.5, 0.6) is 0 Å². The topological polar surface area (TPSA) is 47.3 Å². The summed E-state index contributed by atoms with van der Waals surface area (Å²) in [7, 11) is 1.69. The van der Waals surface area contributed by atoms with E-state index >= 15 is 0 Å². The number of hydrogen-bond donors (Lipinski definition) is 1. The quantitative estimate of drug-likeness (QED) is 0.880. The highest BCUT2D eigenvalue weighted by molar-refractivity contribution is 5.31. The summed E-state index contributed by atoms with van der Waals surface area (Å²) in [6.07, 6.45) is 4.53. The second-order valence-corrected chi connectivity index (χ2v) is 5.57. The van der Waals surface area contributed by atoms with Crippen molar-refractivity contribution in [2.45, 2.75) is 38.4 Å². The average Bonchev–Trinajstić information content (AvgIpc) is 2.96. The lowest BCUT2D eigenvalue weighted by Gasteiger charge is -2.23. The number of methoxy groups -OCH3 is 1. The molecule has 0 spiro atoms. The summed E-state index contributed by atoms with van der Waals surface area (Å²) in [5, 5.41) is 14.5. The molecule has 0 saturated carbocycles. The maximum atomic E-state index is 10.2. The lowest BCUT2D eigenvalue weighted by molar-refractivity contribution is 0.00278. The summed E-state index contributed by atoms with van der Waals surface area (Å²) in [4.78, 5) is 0. The van der Waals surface area contributed by atoms with Crippen molar-refractivity contribution in [2.75, 3.05) is 7.11 Å². The van der Waals surface area contributed by atoms with Crippen molar-refractivity contribution in [3.63, 3.8) is 0 Å². The molecule has 0 bridgehead atoms. The molecule has 0 saturated heterocycles. The Bertz CT molecular complexity index is 534. The van der Waals surface area contributed by atoms with E-state index in [-0.39, 0.29) is 5.60 Å². The Balaban J connectivity index is 2.02. The van der Waals surface area contributed by atoms with E-state index in [1.54, 1.807) is 18.0 Å². The Morgan fingerprint density at radius 3 is 2.65 bits per heavy atom. The Labute approximate surface area is 120 Å². The van der Waals surface area contributed by atoms with Crippen LogP contribution in [0.1, 0.15) is 38.4 Å². The molecule has 0 aliphatic rings. The number of rotatable bonds is 6. The van der Waals surface area contributed by atoms with Crippen molar-refractivity contribution in [2.24, 2.45) is 0 Å². The average molecular weight is 274 g/mol. The monoisotopic (exact) mass is 274 g/mol. The number of aromatic nitrogens is 2. The van der Waals surface area contributed by atoms with E-state index in [1.165, 1.54) is 0 Å². The van der Waals surface area contributed by atoms with Gasteiger partial charge in [-0.1, -0.05) is 18.2 Å². The summed E-state index contributed by atoms with van der Waals surface area (Å²) >= 11 is 0. The third-order valence-corrected chi connectivity index (χ3v) is 3.58. The van der Waals surface area contributed by atoms with Crippen LogP contribution >= 0.6 is 0 Å². The molecule has 1 N–H and O–H groups in total. The van der Waals surface area contributed by atoms with Crippen LogP contribution in [0.4, 0.5) is 0 Å². The first-order valence-electron chi connectivity index (χ1n) is 6.85. The van der Waals surface area contributed by atoms with Gasteiger partial charge in [0.1, 0.15) is 0 Å². The van der Waals surface area contributed by atoms with Crippen LogP contribution in [-0.4, -0.2) is 27.6 Å². The predicted octanol–water partition coefficient (Wildman–Crippen LogP) is 3.11. The third kappa shape index (κ3) is 3.68. The standard InChI is InChI=1S/C16H22N2O2/c1-16(2,20-3)10-9-15(19)13-11-17-18(12-13)14-7-5-4-6-8-14/h4-8,11-12,15,19H,9-10H2,1-3H3. The van der Waals surface area contributed by atoms with Gasteiger partial charge in [-0.15, -0.1) is 0 Å². The lowest BCUT2D eigenvalue weighted by Crippen LogP contribution is -2.23. The maximum Gasteiger partial charge on any atom is 0.0821 e. The van der Waals surface area contributed by atoms with E-state index in [9.17, 15) is 5.11 Å². The number of para-hydroxylation sites is 1. The summed E-state index contributed by atoms with van der Waals surface area (Å²) in [6, 6.07) is 9.87. The Morgan fingerprint density at radius 2 is 2.00 bits per heavy atom. The van der Waals surface area contributed by atoms with Gasteiger partial charge < -0.3 is 9.84 Å². The minimum Gasteiger partial charge on any atom is -0.388 e. The van der Waals surface area contributed by atoms with Gasteiger partial charge in [-0.2, -0.15) is 5.10 Å². The van der Waals surface area contributed by atoms with Crippen LogP contribution in [0, 0.1) is 0 Å². The minimum absolute atomic E-state index is 0.212. The molecule has 0 aliphatic carbocycles. The molecule has 0 amide bonds. The molecular weight excluding hydrogens is 252 g/mol. The van der Waals surface area contributed by atoms with Crippen LogP contribution in [-0.2, 0) is 4.74 Å². The summed E-state index contributed by atoms with van der Waals surface area (Å²) in [6.45, 7) is 4.04. The molecule has 0 aliphatic heterocycles. The molecule has 4 nitrogen and oxygen atoms in total. The number of aliphatic hydroxyl groups excluding tert-OH is 1. The lowest BCUT2D eigenvalue weighted by atomic mass is 9.98. The fourth-order valence-corrected chi connectivity index (χ4v) is 1.98. The van der Waals surface area contributed by atoms with Gasteiger partial charge in [-0.25, -0.2) is 4.68 Å². The summed E-state index contributed by atoms with van der Waals surface area (Å²) in [5.74, 6) is 0. The molecule has 2 rings (SSSR count). The van der Waals surface area contributed by atoms with Crippen molar-refractivity contribution >= 4 is 0 Å². The molecule has 1 atom stereocenters. The van der Waals surface area contributed by atoms with Gasteiger partial charge in [0.25, 0.3) is 0 Å². The second kappa shape index (κ2) is 6.20. The first-order valence-corrected chi connectivity index (χ1v) is 6.85. The molecular formula is C16H22N2O2. The summed E-state index contributed by atoms with van der Waals surface area (Å²) in [5.41, 5.74) is 1.61. The molecule has 1 aromatic heterocycles. The normalized spacial score (nSPS) is 13.4. The highest BCUT2D eigenvalue weighted by atomic mass is 16.5. The summed E-state index contributed by atoms with van der Waals surface area (Å²) < 4.78 is 7.14. The predicted molar refractivity (Wildman–Crippen MR) is 78.8 cm³/mol. The van der Waals surface area contributed by atoms with Gasteiger partial charge in [-0.05, 0) is 38.8 Å². The fourth-order valence-electron chi connectivity index (χ4n) is 1.98. The van der Waals surface area contributed by atoms with Crippen LogP contribution in [0.25, 0.3) is 5.69 Å². The number of ether oxygens (including phenoxy) is 1. The molecule has 1 aromatic carbocycles. The SMILES string of the molecule is COC(C)(C)CCC(O)c1cnn(-c2ccccc2)c1. The first kappa shape index (κ1) is 14.8. The van der Waals surface area contributed by atoms with Crippen molar-refractivity contribution in [1.82, 2.24) is 9.78 Å². The molecule has 0 fully saturated rings. The zero-order valence-electron chi connectivity index (χ0n) is 12.3. The van der Waals surface area contributed by atoms with E-state index in [0.717, 1.165) is 17.7 Å². The minimum atomic E-state index is -0.512. The van der Waals surface area contributed by atoms with Gasteiger partial charge in [-0.3, -0.25) is 0 Å². The maximum absolute atomic E-state index is 10.2. The molecule has 2 aromatic rings. The number of hydrogen-bond acceptors (Lipinski definition) is 3. The molecule has 1 heterocycles. The number of benzene rings is 1. The van der Waals surface area contributed by atoms with Gasteiger partial charge in [0, 0.05) is 18.9 Å². The van der Waals surface area contributed by atoms with Crippen molar-refractivity contribution in [1.29, 1.82) is 0 Å². The van der Waals surface area contributed by atoms with E-state index in [2.05, 4.69) is 5.10 Å². The van der Waals surface area contributed by atoms with E-state index in [4.69, 9.17) is 4.74 Å². The fraction of sp³-hybridized carbons (Fsp3) is 0.438. The van der Waals surface area contributed by atoms with Gasteiger partial charge >= 0.3 is 0 Å². The molecule has 20 heavy (non-hydrogen) atoms. The van der Waals surface area contributed by atoms with Gasteiger partial charge in [0.2, 0.25) is 0 Å². The van der Waals surface area contributed by atoms with E-state index < -0.39 is 6.10 Å². The molecule has 0 radical (unpaired) electrons. The van der Waals surface area contributed by atoms with Crippen LogP contribution in [0.3, 0.4) is 0 Å². The largest absolute Gasteiger partial charge is 0.388 e. The molecule has 108 valence electrons. The first-order chi connectivity index (χ1) is 9.52. The second-order valence-electron chi connectivity index (χ2n) is 5.57. The Kier molecular flexibility index (Phi) is 4.57. The third-order valence-electron chi connectivity index (χ3n) is 3.58. The zero-order valence-corrected chi connectivity index (χ0v) is 12.3. The smallest absolute Gasteiger partial charge is 0.0821 e. The Morgan fingerprint density at radius 1 is 1.30 bits per heavy atom. The van der Waals surface area contributed by atoms with Crippen LogP contribution < -0.4 is 0 Å². The Hall–Kier alpha value is -1.65. The van der Waals surface area contributed by atoms with E-state index in [0.29, 0.717) is 6.42 Å². The van der Waals surface area contributed by atoms with E-state index in [1.807, 2.05) is 50.4 Å². The van der Waals surface area contributed by atoms with Crippen LogP contribution in [0.2, 0.25) is 0 Å². The number of aliphatic hydroxyl groups is 1. The van der Waals surface area contributed by atoms with Crippen molar-refractivity contribution in [3.05, 3.63) is 48.3 Å².